The van der Waals surface area contributed by atoms with Crippen LogP contribution in [-0.4, -0.2) is 22.9 Å². The monoisotopic (exact) mass is 264 g/mol. The number of carbonyl (C=O) groups is 1. The highest BCUT2D eigenvalue weighted by Gasteiger charge is 2.22. The first-order valence-corrected chi connectivity index (χ1v) is 5.40. The number of hydrogen-bond donors (Lipinski definition) is 0. The summed E-state index contributed by atoms with van der Waals surface area (Å²) in [5.74, 6) is -2.51. The molecule has 6 heteroatoms. The molecule has 1 aromatic heterocycles. The molecule has 2 rings (SSSR count). The molecule has 2 aromatic rings. The van der Waals surface area contributed by atoms with Crippen molar-refractivity contribution in [2.24, 2.45) is 0 Å². The molecule has 0 aliphatic rings. The molecule has 0 fully saturated rings. The van der Waals surface area contributed by atoms with E-state index in [1.54, 1.807) is 0 Å². The number of hydrogen-bond acceptors (Lipinski definition) is 4. The number of methoxy groups -OCH3 is 1. The second-order valence-corrected chi connectivity index (χ2v) is 3.83. The molecule has 0 spiro atoms. The van der Waals surface area contributed by atoms with E-state index in [0.717, 1.165) is 12.4 Å². The number of rotatable bonds is 3. The van der Waals surface area contributed by atoms with Crippen molar-refractivity contribution in [1.82, 2.24) is 9.97 Å². The lowest BCUT2D eigenvalue weighted by Gasteiger charge is -2.06. The number of aryl methyl sites for hydroxylation is 1. The van der Waals surface area contributed by atoms with Crippen molar-refractivity contribution in [2.45, 2.75) is 6.92 Å². The lowest BCUT2D eigenvalue weighted by Crippen LogP contribution is -2.11. The standard InChI is InChI=1S/C13H10F2N2O2/c1-7-3-4-8(14)11(12(7)15)13(18)9-5-10(19-2)17-6-16-9/h3-6H,1-2H3. The fraction of sp³-hybridized carbons (Fsp3) is 0.154. The third-order valence-electron chi connectivity index (χ3n) is 2.60. The molecule has 1 aromatic carbocycles. The molecule has 0 saturated heterocycles. The lowest BCUT2D eigenvalue weighted by atomic mass is 10.0. The third kappa shape index (κ3) is 2.42. The number of ketones is 1. The average molecular weight is 264 g/mol. The van der Waals surface area contributed by atoms with Gasteiger partial charge in [-0.05, 0) is 18.6 Å². The zero-order valence-electron chi connectivity index (χ0n) is 10.3. The summed E-state index contributed by atoms with van der Waals surface area (Å²) in [6.45, 7) is 1.45. The van der Waals surface area contributed by atoms with Crippen LogP contribution < -0.4 is 4.74 Å². The summed E-state index contributed by atoms with van der Waals surface area (Å²) < 4.78 is 32.3. The zero-order valence-corrected chi connectivity index (χ0v) is 10.3. The minimum Gasteiger partial charge on any atom is -0.481 e. The van der Waals surface area contributed by atoms with Crippen LogP contribution in [0, 0.1) is 18.6 Å². The number of carbonyl (C=O) groups excluding carboxylic acids is 1. The van der Waals surface area contributed by atoms with Crippen LogP contribution in [-0.2, 0) is 0 Å². The van der Waals surface area contributed by atoms with E-state index < -0.39 is 23.0 Å². The van der Waals surface area contributed by atoms with Gasteiger partial charge in [-0.25, -0.2) is 18.7 Å². The van der Waals surface area contributed by atoms with Crippen molar-refractivity contribution in [3.05, 3.63) is 53.0 Å². The Morgan fingerprint density at radius 2 is 2.00 bits per heavy atom. The summed E-state index contributed by atoms with van der Waals surface area (Å²) in [4.78, 5) is 19.5. The molecule has 0 N–H and O–H groups in total. The van der Waals surface area contributed by atoms with Gasteiger partial charge in [-0.1, -0.05) is 6.07 Å². The van der Waals surface area contributed by atoms with Gasteiger partial charge in [-0.3, -0.25) is 4.79 Å². The number of halogens is 2. The van der Waals surface area contributed by atoms with E-state index in [1.165, 1.54) is 26.2 Å². The molecule has 98 valence electrons. The summed E-state index contributed by atoms with van der Waals surface area (Å²) in [7, 11) is 1.37. The van der Waals surface area contributed by atoms with Crippen molar-refractivity contribution in [3.63, 3.8) is 0 Å². The van der Waals surface area contributed by atoms with Crippen molar-refractivity contribution in [3.8, 4) is 5.88 Å². The molecule has 0 aliphatic carbocycles. The van der Waals surface area contributed by atoms with Crippen molar-refractivity contribution < 1.29 is 18.3 Å². The summed E-state index contributed by atoms with van der Waals surface area (Å²) >= 11 is 0. The lowest BCUT2D eigenvalue weighted by molar-refractivity contribution is 0.102. The van der Waals surface area contributed by atoms with Gasteiger partial charge >= 0.3 is 0 Å². The third-order valence-corrected chi connectivity index (χ3v) is 2.60. The fourth-order valence-corrected chi connectivity index (χ4v) is 1.57. The first-order chi connectivity index (χ1) is 9.04. The molecule has 4 nitrogen and oxygen atoms in total. The van der Waals surface area contributed by atoms with Crippen molar-refractivity contribution in [2.75, 3.05) is 7.11 Å². The average Bonchev–Trinajstić information content (AvgIpc) is 2.43. The van der Waals surface area contributed by atoms with Gasteiger partial charge in [0.25, 0.3) is 0 Å². The largest absolute Gasteiger partial charge is 0.481 e. The Kier molecular flexibility index (Phi) is 3.50. The molecule has 0 radical (unpaired) electrons. The van der Waals surface area contributed by atoms with Gasteiger partial charge in [0, 0.05) is 6.07 Å². The van der Waals surface area contributed by atoms with E-state index in [2.05, 4.69) is 9.97 Å². The van der Waals surface area contributed by atoms with Gasteiger partial charge in [0.05, 0.1) is 12.7 Å². The van der Waals surface area contributed by atoms with Crippen LogP contribution in [0.25, 0.3) is 0 Å². The Morgan fingerprint density at radius 1 is 1.26 bits per heavy atom. The van der Waals surface area contributed by atoms with E-state index in [1.807, 2.05) is 0 Å². The first-order valence-electron chi connectivity index (χ1n) is 5.40. The predicted octanol–water partition coefficient (Wildman–Crippen LogP) is 2.30. The molecule has 0 atom stereocenters. The molecule has 0 aliphatic heterocycles. The number of aromatic nitrogens is 2. The quantitative estimate of drug-likeness (QED) is 0.798. The minimum absolute atomic E-state index is 0.129. The summed E-state index contributed by atoms with van der Waals surface area (Å²) in [5, 5.41) is 0. The maximum atomic E-state index is 13.8. The van der Waals surface area contributed by atoms with Crippen LogP contribution in [0.2, 0.25) is 0 Å². The van der Waals surface area contributed by atoms with Crippen LogP contribution in [0.3, 0.4) is 0 Å². The minimum atomic E-state index is -0.925. The fourth-order valence-electron chi connectivity index (χ4n) is 1.57. The Hall–Kier alpha value is -2.37. The van der Waals surface area contributed by atoms with Gasteiger partial charge in [-0.2, -0.15) is 0 Å². The van der Waals surface area contributed by atoms with Crippen LogP contribution in [0.4, 0.5) is 8.78 Å². The normalized spacial score (nSPS) is 10.3. The van der Waals surface area contributed by atoms with Gasteiger partial charge in [0.2, 0.25) is 11.7 Å². The van der Waals surface area contributed by atoms with E-state index in [9.17, 15) is 13.6 Å². The van der Waals surface area contributed by atoms with Crippen molar-refractivity contribution >= 4 is 5.78 Å². The summed E-state index contributed by atoms with van der Waals surface area (Å²) in [5.41, 5.74) is -0.568. The van der Waals surface area contributed by atoms with Gasteiger partial charge < -0.3 is 4.74 Å². The van der Waals surface area contributed by atoms with Crippen LogP contribution in [0.5, 0.6) is 5.88 Å². The summed E-state index contributed by atoms with van der Waals surface area (Å²) in [6.07, 6.45) is 1.09. The van der Waals surface area contributed by atoms with Gasteiger partial charge in [-0.15, -0.1) is 0 Å². The Labute approximate surface area is 108 Å². The molecule has 0 saturated carbocycles. The summed E-state index contributed by atoms with van der Waals surface area (Å²) in [6, 6.07) is 3.54. The van der Waals surface area contributed by atoms with Crippen molar-refractivity contribution in [1.29, 1.82) is 0 Å². The number of nitrogens with zero attached hydrogens (tertiary/aromatic N) is 2. The highest BCUT2D eigenvalue weighted by atomic mass is 19.1. The predicted molar refractivity (Wildman–Crippen MR) is 63.1 cm³/mol. The smallest absolute Gasteiger partial charge is 0.217 e. The second-order valence-electron chi connectivity index (χ2n) is 3.83. The number of ether oxygens (including phenoxy) is 1. The van der Waals surface area contributed by atoms with Gasteiger partial charge in [0.1, 0.15) is 23.7 Å². The maximum Gasteiger partial charge on any atom is 0.217 e. The Morgan fingerprint density at radius 3 is 2.68 bits per heavy atom. The van der Waals surface area contributed by atoms with E-state index in [4.69, 9.17) is 4.74 Å². The highest BCUT2D eigenvalue weighted by molar-refractivity contribution is 6.08. The second kappa shape index (κ2) is 5.09. The van der Waals surface area contributed by atoms with E-state index in [-0.39, 0.29) is 17.1 Å². The molecular formula is C13H10F2N2O2. The Balaban J connectivity index is 2.53. The molecular weight excluding hydrogens is 254 g/mol. The number of benzene rings is 1. The molecule has 0 amide bonds. The SMILES string of the molecule is COc1cc(C(=O)c2c(F)ccc(C)c2F)ncn1. The molecule has 0 bridgehead atoms. The van der Waals surface area contributed by atoms with Gasteiger partial charge in [0.15, 0.2) is 0 Å². The molecule has 1 heterocycles. The topological polar surface area (TPSA) is 52.1 Å². The van der Waals surface area contributed by atoms with Crippen LogP contribution in [0.15, 0.2) is 24.5 Å². The van der Waals surface area contributed by atoms with Crippen LogP contribution in [0.1, 0.15) is 21.6 Å². The Bertz CT molecular complexity index is 645. The zero-order chi connectivity index (χ0) is 14.0. The first kappa shape index (κ1) is 13.1. The van der Waals surface area contributed by atoms with E-state index in [0.29, 0.717) is 0 Å². The maximum absolute atomic E-state index is 13.8. The molecule has 0 unspecified atom stereocenters. The molecule has 19 heavy (non-hydrogen) atoms. The van der Waals surface area contributed by atoms with E-state index >= 15 is 0 Å². The highest BCUT2D eigenvalue weighted by Crippen LogP contribution is 2.20. The van der Waals surface area contributed by atoms with Crippen LogP contribution >= 0.6 is 0 Å².